The molecule has 0 aromatic carbocycles. The zero-order valence-corrected chi connectivity index (χ0v) is 8.70. The second-order valence-electron chi connectivity index (χ2n) is 2.74. The van der Waals surface area contributed by atoms with E-state index in [-0.39, 0.29) is 11.7 Å². The first-order valence-corrected chi connectivity index (χ1v) is 5.09. The first-order chi connectivity index (χ1) is 7.24. The van der Waals surface area contributed by atoms with Gasteiger partial charge in [0, 0.05) is 18.3 Å². The molecule has 0 atom stereocenters. The van der Waals surface area contributed by atoms with Crippen molar-refractivity contribution >= 4 is 23.3 Å². The highest BCUT2D eigenvalue weighted by atomic mass is 32.1. The predicted molar refractivity (Wildman–Crippen MR) is 54.9 cm³/mol. The number of carbonyl (C=O) groups is 1. The lowest BCUT2D eigenvalue weighted by atomic mass is 10.3. The van der Waals surface area contributed by atoms with Crippen LogP contribution < -0.4 is 11.1 Å². The number of hydrogen-bond acceptors (Lipinski definition) is 6. The van der Waals surface area contributed by atoms with Gasteiger partial charge in [0.2, 0.25) is 0 Å². The van der Waals surface area contributed by atoms with Gasteiger partial charge in [0.25, 0.3) is 5.91 Å². The third-order valence-corrected chi connectivity index (χ3v) is 2.12. The van der Waals surface area contributed by atoms with Crippen LogP contribution in [0.5, 0.6) is 0 Å². The maximum absolute atomic E-state index is 11.3. The third-order valence-electron chi connectivity index (χ3n) is 1.62. The van der Waals surface area contributed by atoms with Gasteiger partial charge in [-0.3, -0.25) is 4.79 Å². The smallest absolute Gasteiger partial charge is 0.272 e. The van der Waals surface area contributed by atoms with Crippen LogP contribution in [0.2, 0.25) is 0 Å². The SMILES string of the molecule is NC(CCCNC(=O)c1csnn1)=NO. The minimum Gasteiger partial charge on any atom is -0.409 e. The van der Waals surface area contributed by atoms with Crippen LogP contribution >= 0.6 is 11.5 Å². The standard InChI is InChI=1S/C7H11N5O2S/c8-6(11-14)2-1-3-9-7(13)5-4-15-12-10-5/h4,14H,1-3H2,(H2,8,11)(H,9,13). The highest BCUT2D eigenvalue weighted by Crippen LogP contribution is 1.96. The van der Waals surface area contributed by atoms with Gasteiger partial charge in [-0.2, -0.15) is 0 Å². The maximum Gasteiger partial charge on any atom is 0.272 e. The Morgan fingerprint density at radius 3 is 3.13 bits per heavy atom. The third kappa shape index (κ3) is 3.90. The van der Waals surface area contributed by atoms with E-state index in [1.165, 1.54) is 0 Å². The molecule has 1 heterocycles. The number of nitrogens with two attached hydrogens (primary N) is 1. The van der Waals surface area contributed by atoms with Gasteiger partial charge in [-0.1, -0.05) is 9.64 Å². The minimum absolute atomic E-state index is 0.152. The lowest BCUT2D eigenvalue weighted by Gasteiger charge is -2.01. The Hall–Kier alpha value is -1.70. The summed E-state index contributed by atoms with van der Waals surface area (Å²) in [7, 11) is 0. The summed E-state index contributed by atoms with van der Waals surface area (Å²) in [5.74, 6) is -0.108. The molecule has 0 unspecified atom stereocenters. The van der Waals surface area contributed by atoms with Gasteiger partial charge >= 0.3 is 0 Å². The maximum atomic E-state index is 11.3. The summed E-state index contributed by atoms with van der Waals surface area (Å²) in [6.45, 7) is 0.451. The number of hydrogen-bond donors (Lipinski definition) is 3. The molecule has 15 heavy (non-hydrogen) atoms. The van der Waals surface area contributed by atoms with Crippen molar-refractivity contribution in [1.29, 1.82) is 0 Å². The van der Waals surface area contributed by atoms with Crippen molar-refractivity contribution in [3.05, 3.63) is 11.1 Å². The van der Waals surface area contributed by atoms with E-state index in [1.54, 1.807) is 5.38 Å². The Kier molecular flexibility index (Phi) is 4.48. The molecule has 1 aromatic heterocycles. The number of nitrogens with one attached hydrogen (secondary N) is 1. The van der Waals surface area contributed by atoms with Crippen LogP contribution in [0, 0.1) is 0 Å². The van der Waals surface area contributed by atoms with E-state index in [2.05, 4.69) is 20.1 Å². The van der Waals surface area contributed by atoms with Gasteiger partial charge < -0.3 is 16.3 Å². The Balaban J connectivity index is 2.19. The van der Waals surface area contributed by atoms with Gasteiger partial charge in [-0.15, -0.1) is 5.10 Å². The van der Waals surface area contributed by atoms with E-state index < -0.39 is 0 Å². The minimum atomic E-state index is -0.261. The molecule has 7 nitrogen and oxygen atoms in total. The zero-order valence-electron chi connectivity index (χ0n) is 7.88. The van der Waals surface area contributed by atoms with Crippen molar-refractivity contribution in [2.75, 3.05) is 6.54 Å². The second-order valence-corrected chi connectivity index (χ2v) is 3.35. The number of amidine groups is 1. The summed E-state index contributed by atoms with van der Waals surface area (Å²) in [6.07, 6.45) is 1.05. The average molecular weight is 229 g/mol. The molecule has 0 fully saturated rings. The lowest BCUT2D eigenvalue weighted by Crippen LogP contribution is -2.25. The quantitative estimate of drug-likeness (QED) is 0.212. The zero-order chi connectivity index (χ0) is 11.1. The van der Waals surface area contributed by atoms with Gasteiger partial charge in [0.05, 0.1) is 0 Å². The van der Waals surface area contributed by atoms with E-state index in [0.717, 1.165) is 11.5 Å². The number of aromatic nitrogens is 2. The fraction of sp³-hybridized carbons (Fsp3) is 0.429. The molecule has 0 aliphatic carbocycles. The van der Waals surface area contributed by atoms with Crippen LogP contribution in [0.15, 0.2) is 10.5 Å². The van der Waals surface area contributed by atoms with Gasteiger partial charge in [-0.25, -0.2) is 0 Å². The van der Waals surface area contributed by atoms with Crippen LogP contribution in [0.25, 0.3) is 0 Å². The van der Waals surface area contributed by atoms with E-state index in [9.17, 15) is 4.79 Å². The molecular formula is C7H11N5O2S. The molecule has 0 saturated carbocycles. The summed E-state index contributed by atoms with van der Waals surface area (Å²) < 4.78 is 3.57. The molecule has 0 bridgehead atoms. The second kappa shape index (κ2) is 5.91. The first kappa shape index (κ1) is 11.4. The Morgan fingerprint density at radius 2 is 2.53 bits per heavy atom. The van der Waals surface area contributed by atoms with Crippen LogP contribution in [-0.2, 0) is 0 Å². The highest BCUT2D eigenvalue weighted by molar-refractivity contribution is 7.03. The first-order valence-electron chi connectivity index (χ1n) is 4.25. The van der Waals surface area contributed by atoms with Crippen LogP contribution in [-0.4, -0.2) is 33.1 Å². The molecule has 0 spiro atoms. The van der Waals surface area contributed by atoms with Crippen molar-refractivity contribution < 1.29 is 10.0 Å². The van der Waals surface area contributed by atoms with Crippen molar-refractivity contribution in [3.63, 3.8) is 0 Å². The largest absolute Gasteiger partial charge is 0.409 e. The van der Waals surface area contributed by atoms with E-state index in [4.69, 9.17) is 10.9 Å². The molecule has 82 valence electrons. The summed E-state index contributed by atoms with van der Waals surface area (Å²) in [5.41, 5.74) is 5.56. The number of rotatable bonds is 5. The number of carbonyl (C=O) groups excluding carboxylic acids is 1. The summed E-state index contributed by atoms with van der Waals surface area (Å²) in [6, 6.07) is 0. The fourth-order valence-corrected chi connectivity index (χ4v) is 1.31. The van der Waals surface area contributed by atoms with E-state index >= 15 is 0 Å². The van der Waals surface area contributed by atoms with Gasteiger partial charge in [0.1, 0.15) is 5.84 Å². The summed E-state index contributed by atoms with van der Waals surface area (Å²) in [4.78, 5) is 11.3. The molecule has 1 amide bonds. The molecule has 1 aromatic rings. The molecule has 0 aliphatic heterocycles. The fourth-order valence-electron chi connectivity index (χ4n) is 0.876. The van der Waals surface area contributed by atoms with E-state index in [1.807, 2.05) is 0 Å². The normalized spacial score (nSPS) is 11.3. The molecule has 0 aliphatic rings. The van der Waals surface area contributed by atoms with Crippen LogP contribution in [0.4, 0.5) is 0 Å². The average Bonchev–Trinajstić information content (AvgIpc) is 2.77. The van der Waals surface area contributed by atoms with Crippen molar-refractivity contribution in [1.82, 2.24) is 14.9 Å². The molecule has 0 saturated heterocycles. The van der Waals surface area contributed by atoms with Crippen molar-refractivity contribution in [2.45, 2.75) is 12.8 Å². The van der Waals surface area contributed by atoms with Crippen molar-refractivity contribution in [2.24, 2.45) is 10.9 Å². The molecule has 1 rings (SSSR count). The molecule has 8 heteroatoms. The number of oxime groups is 1. The van der Waals surface area contributed by atoms with Gasteiger partial charge in [0.15, 0.2) is 5.69 Å². The molecule has 4 N–H and O–H groups in total. The number of nitrogens with zero attached hydrogens (tertiary/aromatic N) is 3. The Morgan fingerprint density at radius 1 is 1.73 bits per heavy atom. The van der Waals surface area contributed by atoms with Crippen LogP contribution in [0.1, 0.15) is 23.3 Å². The Bertz CT molecular complexity index is 337. The monoisotopic (exact) mass is 229 g/mol. The Labute approximate surface area is 90.1 Å². The van der Waals surface area contributed by atoms with Gasteiger partial charge in [-0.05, 0) is 18.0 Å². The molecular weight excluding hydrogens is 218 g/mol. The summed E-state index contributed by atoms with van der Waals surface area (Å²) in [5, 5.41) is 18.9. The summed E-state index contributed by atoms with van der Waals surface area (Å²) >= 11 is 1.12. The topological polar surface area (TPSA) is 113 Å². The van der Waals surface area contributed by atoms with Crippen LogP contribution in [0.3, 0.4) is 0 Å². The highest BCUT2D eigenvalue weighted by Gasteiger charge is 2.07. The lowest BCUT2D eigenvalue weighted by molar-refractivity contribution is 0.0948. The number of amides is 1. The molecule has 0 radical (unpaired) electrons. The van der Waals surface area contributed by atoms with E-state index in [0.29, 0.717) is 25.1 Å². The predicted octanol–water partition coefficient (Wildman–Crippen LogP) is -0.206. The van der Waals surface area contributed by atoms with Crippen molar-refractivity contribution in [3.8, 4) is 0 Å².